The molecule has 0 bridgehead atoms. The molecule has 0 radical (unpaired) electrons. The molecule has 2 nitrogen and oxygen atoms in total. The summed E-state index contributed by atoms with van der Waals surface area (Å²) in [6.07, 6.45) is -2.08. The van der Waals surface area contributed by atoms with E-state index in [2.05, 4.69) is 10.2 Å². The zero-order chi connectivity index (χ0) is 16.3. The summed E-state index contributed by atoms with van der Waals surface area (Å²) in [6, 6.07) is 2.82. The van der Waals surface area contributed by atoms with Crippen LogP contribution in [0, 0.1) is 5.82 Å². The number of hydrogen-bond donors (Lipinski definition) is 1. The molecule has 0 saturated carbocycles. The molecule has 6 heteroatoms. The van der Waals surface area contributed by atoms with Crippen LogP contribution in [0.4, 0.5) is 23.2 Å². The van der Waals surface area contributed by atoms with Crippen LogP contribution in [0.1, 0.15) is 43.7 Å². The Labute approximate surface area is 128 Å². The fraction of sp³-hybridized carbons (Fsp3) is 0.625. The van der Waals surface area contributed by atoms with Crippen molar-refractivity contribution in [2.24, 2.45) is 0 Å². The molecule has 1 aromatic carbocycles. The van der Waals surface area contributed by atoms with Gasteiger partial charge in [0.05, 0.1) is 0 Å². The van der Waals surface area contributed by atoms with Crippen LogP contribution in [-0.2, 0) is 6.54 Å². The Hall–Kier alpha value is -1.30. The molecule has 22 heavy (non-hydrogen) atoms. The summed E-state index contributed by atoms with van der Waals surface area (Å²) in [7, 11) is 0. The first-order valence-corrected chi connectivity index (χ1v) is 7.61. The summed E-state index contributed by atoms with van der Waals surface area (Å²) >= 11 is 0. The first kappa shape index (κ1) is 17.1. The summed E-state index contributed by atoms with van der Waals surface area (Å²) in [5.74, 6) is -0.439. The van der Waals surface area contributed by atoms with Crippen molar-refractivity contribution in [3.63, 3.8) is 0 Å². The maximum atomic E-state index is 14.3. The average molecular weight is 318 g/mol. The molecule has 1 saturated heterocycles. The Kier molecular flexibility index (Phi) is 5.32. The van der Waals surface area contributed by atoms with E-state index in [0.717, 1.165) is 37.6 Å². The Morgan fingerprint density at radius 3 is 2.36 bits per heavy atom. The predicted molar refractivity (Wildman–Crippen MR) is 79.5 cm³/mol. The van der Waals surface area contributed by atoms with Crippen molar-refractivity contribution in [1.82, 2.24) is 4.90 Å². The highest BCUT2D eigenvalue weighted by atomic mass is 19.4. The molecule has 1 aromatic rings. The standard InChI is InChI=1S/C16H22F4N2/c1-11(2)15-12(9-22-5-3-4-6-22)7-13(8-14(15)17)21-10-16(18,19)20/h7-8,11,21H,3-6,9-10H2,1-2H3. The van der Waals surface area contributed by atoms with Crippen LogP contribution in [0.3, 0.4) is 0 Å². The monoisotopic (exact) mass is 318 g/mol. The molecule has 124 valence electrons. The highest BCUT2D eigenvalue weighted by Gasteiger charge is 2.27. The van der Waals surface area contributed by atoms with Crippen LogP contribution in [0.15, 0.2) is 12.1 Å². The fourth-order valence-corrected chi connectivity index (χ4v) is 2.94. The van der Waals surface area contributed by atoms with Gasteiger partial charge < -0.3 is 5.32 Å². The van der Waals surface area contributed by atoms with Gasteiger partial charge in [0, 0.05) is 12.2 Å². The fourth-order valence-electron chi connectivity index (χ4n) is 2.94. The van der Waals surface area contributed by atoms with Gasteiger partial charge in [0.25, 0.3) is 0 Å². The minimum atomic E-state index is -4.32. The van der Waals surface area contributed by atoms with Crippen molar-refractivity contribution in [1.29, 1.82) is 0 Å². The van der Waals surface area contributed by atoms with Crippen LogP contribution in [0.25, 0.3) is 0 Å². The maximum absolute atomic E-state index is 14.3. The van der Waals surface area contributed by atoms with E-state index in [1.165, 1.54) is 0 Å². The second-order valence-corrected chi connectivity index (χ2v) is 6.14. The number of hydrogen-bond acceptors (Lipinski definition) is 2. The summed E-state index contributed by atoms with van der Waals surface area (Å²) < 4.78 is 51.3. The molecule has 0 aromatic heterocycles. The predicted octanol–water partition coefficient (Wildman–Crippen LogP) is 4.52. The largest absolute Gasteiger partial charge is 0.405 e. The van der Waals surface area contributed by atoms with E-state index in [9.17, 15) is 17.6 Å². The lowest BCUT2D eigenvalue weighted by molar-refractivity contribution is -0.115. The summed E-state index contributed by atoms with van der Waals surface area (Å²) in [5, 5.41) is 2.27. The Morgan fingerprint density at radius 1 is 1.18 bits per heavy atom. The van der Waals surface area contributed by atoms with Gasteiger partial charge in [-0.05, 0) is 55.1 Å². The van der Waals surface area contributed by atoms with Crippen molar-refractivity contribution < 1.29 is 17.6 Å². The van der Waals surface area contributed by atoms with Crippen LogP contribution in [0.2, 0.25) is 0 Å². The van der Waals surface area contributed by atoms with Crippen molar-refractivity contribution >= 4 is 5.69 Å². The van der Waals surface area contributed by atoms with Gasteiger partial charge >= 0.3 is 6.18 Å². The smallest absolute Gasteiger partial charge is 0.376 e. The molecule has 1 fully saturated rings. The molecule has 1 N–H and O–H groups in total. The Balaban J connectivity index is 2.23. The highest BCUT2D eigenvalue weighted by molar-refractivity contribution is 5.50. The van der Waals surface area contributed by atoms with Gasteiger partial charge in [0.2, 0.25) is 0 Å². The lowest BCUT2D eigenvalue weighted by Gasteiger charge is -2.21. The van der Waals surface area contributed by atoms with Crippen LogP contribution in [0.5, 0.6) is 0 Å². The minimum Gasteiger partial charge on any atom is -0.376 e. The molecule has 2 rings (SSSR count). The number of benzene rings is 1. The quantitative estimate of drug-likeness (QED) is 0.803. The maximum Gasteiger partial charge on any atom is 0.405 e. The molecule has 0 amide bonds. The van der Waals surface area contributed by atoms with Crippen molar-refractivity contribution in [3.05, 3.63) is 29.1 Å². The Morgan fingerprint density at radius 2 is 1.82 bits per heavy atom. The van der Waals surface area contributed by atoms with E-state index in [1.807, 2.05) is 13.8 Å². The third kappa shape index (κ3) is 4.60. The van der Waals surface area contributed by atoms with Gasteiger partial charge in [-0.1, -0.05) is 13.8 Å². The number of halogens is 4. The molecule has 0 atom stereocenters. The molecule has 1 aliphatic rings. The van der Waals surface area contributed by atoms with E-state index in [-0.39, 0.29) is 11.6 Å². The molecule has 0 unspecified atom stereocenters. The number of anilines is 1. The topological polar surface area (TPSA) is 15.3 Å². The lowest BCUT2D eigenvalue weighted by Crippen LogP contribution is -2.23. The summed E-state index contributed by atoms with van der Waals surface area (Å²) in [4.78, 5) is 2.22. The minimum absolute atomic E-state index is 0.00531. The molecule has 1 heterocycles. The first-order valence-electron chi connectivity index (χ1n) is 7.61. The highest BCUT2D eigenvalue weighted by Crippen LogP contribution is 2.29. The van der Waals surface area contributed by atoms with E-state index in [4.69, 9.17) is 0 Å². The molecule has 1 aliphatic heterocycles. The van der Waals surface area contributed by atoms with Crippen molar-refractivity contribution in [3.8, 4) is 0 Å². The molecule has 0 spiro atoms. The number of nitrogens with zero attached hydrogens (tertiary/aromatic N) is 1. The average Bonchev–Trinajstić information content (AvgIpc) is 2.87. The Bertz CT molecular complexity index is 506. The second kappa shape index (κ2) is 6.86. The SMILES string of the molecule is CC(C)c1c(F)cc(NCC(F)(F)F)cc1CN1CCCC1. The molecular formula is C16H22F4N2. The molecule has 0 aliphatic carbocycles. The van der Waals surface area contributed by atoms with Crippen LogP contribution < -0.4 is 5.32 Å². The zero-order valence-electron chi connectivity index (χ0n) is 12.9. The van der Waals surface area contributed by atoms with E-state index in [1.54, 1.807) is 6.07 Å². The first-order chi connectivity index (χ1) is 10.3. The van der Waals surface area contributed by atoms with E-state index in [0.29, 0.717) is 12.1 Å². The van der Waals surface area contributed by atoms with E-state index >= 15 is 0 Å². The summed E-state index contributed by atoms with van der Waals surface area (Å²) in [5.41, 5.74) is 1.57. The van der Waals surface area contributed by atoms with Gasteiger partial charge in [0.15, 0.2) is 0 Å². The van der Waals surface area contributed by atoms with Crippen LogP contribution in [-0.4, -0.2) is 30.7 Å². The zero-order valence-corrected chi connectivity index (χ0v) is 12.9. The van der Waals surface area contributed by atoms with Crippen molar-refractivity contribution in [2.45, 2.75) is 45.3 Å². The van der Waals surface area contributed by atoms with Gasteiger partial charge in [0.1, 0.15) is 12.4 Å². The third-order valence-electron chi connectivity index (χ3n) is 3.88. The van der Waals surface area contributed by atoms with Gasteiger partial charge in [-0.15, -0.1) is 0 Å². The normalized spacial score (nSPS) is 16.5. The van der Waals surface area contributed by atoms with Gasteiger partial charge in [-0.3, -0.25) is 4.90 Å². The number of rotatable bonds is 5. The number of alkyl halides is 3. The number of nitrogens with one attached hydrogen (secondary N) is 1. The van der Waals surface area contributed by atoms with Crippen LogP contribution >= 0.6 is 0 Å². The van der Waals surface area contributed by atoms with Crippen molar-refractivity contribution in [2.75, 3.05) is 25.0 Å². The van der Waals surface area contributed by atoms with Gasteiger partial charge in [-0.25, -0.2) is 4.39 Å². The summed E-state index contributed by atoms with van der Waals surface area (Å²) in [6.45, 7) is 5.14. The lowest BCUT2D eigenvalue weighted by atomic mass is 9.95. The van der Waals surface area contributed by atoms with E-state index < -0.39 is 18.5 Å². The second-order valence-electron chi connectivity index (χ2n) is 6.14. The molecular weight excluding hydrogens is 296 g/mol. The van der Waals surface area contributed by atoms with Gasteiger partial charge in [-0.2, -0.15) is 13.2 Å². The number of likely N-dealkylation sites (tertiary alicyclic amines) is 1. The third-order valence-corrected chi connectivity index (χ3v) is 3.88.